The summed E-state index contributed by atoms with van der Waals surface area (Å²) in [7, 11) is 0. The maximum atomic E-state index is 12.5. The molecule has 0 aromatic carbocycles. The molecule has 1 saturated heterocycles. The highest BCUT2D eigenvalue weighted by molar-refractivity contribution is 5.96. The van der Waals surface area contributed by atoms with Gasteiger partial charge in [-0.1, -0.05) is 12.7 Å². The van der Waals surface area contributed by atoms with E-state index in [0.29, 0.717) is 36.7 Å². The van der Waals surface area contributed by atoms with Crippen molar-refractivity contribution >= 4 is 29.0 Å². The Hall–Kier alpha value is -3.93. The van der Waals surface area contributed by atoms with Gasteiger partial charge in [-0.3, -0.25) is 4.57 Å². The van der Waals surface area contributed by atoms with E-state index in [-0.39, 0.29) is 12.1 Å². The van der Waals surface area contributed by atoms with Gasteiger partial charge in [-0.05, 0) is 39.8 Å². The molecule has 3 aromatic heterocycles. The van der Waals surface area contributed by atoms with Crippen molar-refractivity contribution in [1.82, 2.24) is 24.4 Å². The number of amides is 1. The fourth-order valence-electron chi connectivity index (χ4n) is 4.00. The number of nitriles is 1. The highest BCUT2D eigenvalue weighted by Crippen LogP contribution is 2.32. The van der Waals surface area contributed by atoms with Crippen LogP contribution < -0.4 is 4.90 Å². The molecule has 0 aliphatic carbocycles. The third-order valence-electron chi connectivity index (χ3n) is 5.48. The van der Waals surface area contributed by atoms with Gasteiger partial charge in [0.25, 0.3) is 0 Å². The first-order valence-corrected chi connectivity index (χ1v) is 10.8. The van der Waals surface area contributed by atoms with Crippen LogP contribution in [0.4, 0.5) is 10.6 Å². The normalized spacial score (nSPS) is 16.5. The molecule has 0 N–H and O–H groups in total. The van der Waals surface area contributed by atoms with E-state index >= 15 is 0 Å². The number of hydrogen-bond donors (Lipinski definition) is 0. The number of piperazine rings is 1. The van der Waals surface area contributed by atoms with Crippen molar-refractivity contribution in [2.75, 3.05) is 24.5 Å². The number of rotatable bonds is 3. The Balaban J connectivity index is 1.70. The van der Waals surface area contributed by atoms with Crippen LogP contribution in [0.15, 0.2) is 37.4 Å². The molecule has 9 heteroatoms. The van der Waals surface area contributed by atoms with Crippen LogP contribution in [0.1, 0.15) is 38.8 Å². The summed E-state index contributed by atoms with van der Waals surface area (Å²) >= 11 is 0. The van der Waals surface area contributed by atoms with Gasteiger partial charge in [0.2, 0.25) is 0 Å². The number of anilines is 1. The molecule has 33 heavy (non-hydrogen) atoms. The minimum Gasteiger partial charge on any atom is -0.444 e. The van der Waals surface area contributed by atoms with Gasteiger partial charge in [-0.2, -0.15) is 5.26 Å². The fraction of sp³-hybridized carbons (Fsp3) is 0.375. The lowest BCUT2D eigenvalue weighted by Crippen LogP contribution is -2.54. The molecule has 4 rings (SSSR count). The molecule has 1 aliphatic heterocycles. The van der Waals surface area contributed by atoms with E-state index in [0.717, 1.165) is 16.8 Å². The number of fused-ring (bicyclic) bond motifs is 1. The van der Waals surface area contributed by atoms with E-state index in [2.05, 4.69) is 39.4 Å². The van der Waals surface area contributed by atoms with Gasteiger partial charge in [0.1, 0.15) is 23.6 Å². The van der Waals surface area contributed by atoms with Crippen LogP contribution in [0.3, 0.4) is 0 Å². The predicted molar refractivity (Wildman–Crippen MR) is 126 cm³/mol. The zero-order chi connectivity index (χ0) is 23.8. The third-order valence-corrected chi connectivity index (χ3v) is 5.48. The van der Waals surface area contributed by atoms with Crippen molar-refractivity contribution in [3.05, 3.63) is 48.6 Å². The van der Waals surface area contributed by atoms with Crippen LogP contribution in [0, 0.1) is 11.3 Å². The minimum absolute atomic E-state index is 0.0189. The molecule has 0 bridgehead atoms. The van der Waals surface area contributed by atoms with Crippen LogP contribution in [-0.4, -0.2) is 61.8 Å². The first-order chi connectivity index (χ1) is 15.7. The topological polar surface area (TPSA) is 100 Å². The summed E-state index contributed by atoms with van der Waals surface area (Å²) in [5.41, 5.74) is 1.53. The number of pyridine rings is 1. The molecule has 4 heterocycles. The van der Waals surface area contributed by atoms with Crippen molar-refractivity contribution in [2.45, 2.75) is 39.3 Å². The smallest absolute Gasteiger partial charge is 0.410 e. The first kappa shape index (κ1) is 22.3. The number of hydrogen-bond acceptors (Lipinski definition) is 7. The van der Waals surface area contributed by atoms with Crippen LogP contribution >= 0.6 is 0 Å². The summed E-state index contributed by atoms with van der Waals surface area (Å²) in [6, 6.07) is 5.55. The van der Waals surface area contributed by atoms with Crippen LogP contribution in [0.2, 0.25) is 0 Å². The highest BCUT2D eigenvalue weighted by atomic mass is 16.6. The maximum Gasteiger partial charge on any atom is 0.410 e. The van der Waals surface area contributed by atoms with Crippen molar-refractivity contribution in [1.29, 1.82) is 5.26 Å². The molecular formula is C24H27N7O2. The second-order valence-corrected chi connectivity index (χ2v) is 9.04. The van der Waals surface area contributed by atoms with Gasteiger partial charge in [0.15, 0.2) is 5.65 Å². The monoisotopic (exact) mass is 445 g/mol. The van der Waals surface area contributed by atoms with Crippen LogP contribution in [0.5, 0.6) is 0 Å². The number of aromatic nitrogens is 4. The molecular weight excluding hydrogens is 418 g/mol. The molecule has 0 saturated carbocycles. The third kappa shape index (κ3) is 4.37. The summed E-state index contributed by atoms with van der Waals surface area (Å²) in [5.74, 6) is 1.38. The van der Waals surface area contributed by atoms with Gasteiger partial charge in [0.05, 0.1) is 17.0 Å². The SMILES string of the molecule is C=Cc1cn(-c2cc(C#N)ccn2)c2ncnc(N3CCN(C(=O)OC(C)(C)C)C[C@@H]3C)c12. The van der Waals surface area contributed by atoms with Crippen LogP contribution in [0.25, 0.3) is 22.9 Å². The van der Waals surface area contributed by atoms with E-state index in [9.17, 15) is 10.1 Å². The Labute approximate surface area is 192 Å². The van der Waals surface area contributed by atoms with Gasteiger partial charge in [0, 0.05) is 43.6 Å². The van der Waals surface area contributed by atoms with Gasteiger partial charge < -0.3 is 14.5 Å². The lowest BCUT2D eigenvalue weighted by atomic mass is 10.1. The largest absolute Gasteiger partial charge is 0.444 e. The summed E-state index contributed by atoms with van der Waals surface area (Å²) in [5, 5.41) is 10.1. The molecule has 0 spiro atoms. The van der Waals surface area contributed by atoms with Crippen molar-refractivity contribution in [3.63, 3.8) is 0 Å². The van der Waals surface area contributed by atoms with Crippen molar-refractivity contribution in [2.24, 2.45) is 0 Å². The molecule has 1 fully saturated rings. The Kier molecular flexibility index (Phi) is 5.77. The quantitative estimate of drug-likeness (QED) is 0.605. The summed E-state index contributed by atoms with van der Waals surface area (Å²) in [6.07, 6.45) is 6.50. The van der Waals surface area contributed by atoms with Gasteiger partial charge in [-0.15, -0.1) is 0 Å². The lowest BCUT2D eigenvalue weighted by molar-refractivity contribution is 0.0218. The molecule has 1 atom stereocenters. The van der Waals surface area contributed by atoms with Crippen molar-refractivity contribution in [3.8, 4) is 11.9 Å². The molecule has 0 radical (unpaired) electrons. The summed E-state index contributed by atoms with van der Waals surface area (Å²) in [6.45, 7) is 13.3. The maximum absolute atomic E-state index is 12.5. The molecule has 3 aromatic rings. The average Bonchev–Trinajstić information content (AvgIpc) is 3.17. The number of carbonyl (C=O) groups is 1. The predicted octanol–water partition coefficient (Wildman–Crippen LogP) is 3.78. The Morgan fingerprint density at radius 1 is 1.30 bits per heavy atom. The zero-order valence-electron chi connectivity index (χ0n) is 19.3. The first-order valence-electron chi connectivity index (χ1n) is 10.8. The van der Waals surface area contributed by atoms with Gasteiger partial charge in [-0.25, -0.2) is 19.7 Å². The van der Waals surface area contributed by atoms with E-state index in [1.54, 1.807) is 29.3 Å². The summed E-state index contributed by atoms with van der Waals surface area (Å²) < 4.78 is 7.39. The molecule has 170 valence electrons. The second kappa shape index (κ2) is 8.54. The molecule has 9 nitrogen and oxygen atoms in total. The minimum atomic E-state index is -0.533. The van der Waals surface area contributed by atoms with E-state index < -0.39 is 5.60 Å². The fourth-order valence-corrected chi connectivity index (χ4v) is 4.00. The second-order valence-electron chi connectivity index (χ2n) is 9.04. The Morgan fingerprint density at radius 2 is 2.09 bits per heavy atom. The number of carbonyl (C=O) groups excluding carboxylic acids is 1. The van der Waals surface area contributed by atoms with Gasteiger partial charge >= 0.3 is 6.09 Å². The molecule has 1 amide bonds. The Bertz CT molecular complexity index is 1250. The molecule has 0 unspecified atom stereocenters. The lowest BCUT2D eigenvalue weighted by Gasteiger charge is -2.41. The number of nitrogens with zero attached hydrogens (tertiary/aromatic N) is 7. The average molecular weight is 446 g/mol. The van der Waals surface area contributed by atoms with Crippen LogP contribution in [-0.2, 0) is 4.74 Å². The molecule has 1 aliphatic rings. The zero-order valence-corrected chi connectivity index (χ0v) is 19.3. The van der Waals surface area contributed by atoms with Crippen molar-refractivity contribution < 1.29 is 9.53 Å². The van der Waals surface area contributed by atoms with E-state index in [1.165, 1.54) is 6.33 Å². The standard InChI is InChI=1S/C24H27N7O2/c1-6-18-14-31(19-11-17(12-25)7-8-26-19)22-20(18)21(27-15-28-22)30-10-9-29(13-16(30)2)23(32)33-24(3,4)5/h6-8,11,14-16H,1,9-10,13H2,2-5H3/t16-/m0/s1. The van der Waals surface area contributed by atoms with E-state index in [1.807, 2.05) is 31.5 Å². The number of ether oxygens (including phenoxy) is 1. The summed E-state index contributed by atoms with van der Waals surface area (Å²) in [4.78, 5) is 30.0. The highest BCUT2D eigenvalue weighted by Gasteiger charge is 2.32. The Morgan fingerprint density at radius 3 is 2.76 bits per heavy atom. The van der Waals surface area contributed by atoms with E-state index in [4.69, 9.17) is 4.74 Å².